The number of guanidine groups is 1. The summed E-state index contributed by atoms with van der Waals surface area (Å²) in [7, 11) is 2.23. The summed E-state index contributed by atoms with van der Waals surface area (Å²) in [5.74, 6) is 1.78. The lowest BCUT2D eigenvalue weighted by Gasteiger charge is -2.47. The van der Waals surface area contributed by atoms with Crippen LogP contribution in [0.3, 0.4) is 0 Å². The number of morpholine rings is 1. The van der Waals surface area contributed by atoms with Crippen molar-refractivity contribution in [3.05, 3.63) is 0 Å². The molecule has 2 aliphatic heterocycles. The third-order valence-corrected chi connectivity index (χ3v) is 6.74. The molecule has 1 saturated carbocycles. The number of hydrogen-bond donors (Lipinski definition) is 2. The van der Waals surface area contributed by atoms with Crippen molar-refractivity contribution in [3.8, 4) is 0 Å². The van der Waals surface area contributed by atoms with E-state index in [0.717, 1.165) is 57.8 Å². The lowest BCUT2D eigenvalue weighted by Crippen LogP contribution is -2.56. The SMILES string of the molecule is CCNC(=NCC1(N2CCOCC2)CCCCC1)NCC1CCN(C)CC1.I. The molecule has 0 bridgehead atoms. The van der Waals surface area contributed by atoms with Gasteiger partial charge in [-0.15, -0.1) is 24.0 Å². The number of rotatable bonds is 6. The molecule has 3 rings (SSSR count). The third-order valence-electron chi connectivity index (χ3n) is 6.74. The molecular weight excluding hydrogens is 465 g/mol. The van der Waals surface area contributed by atoms with Gasteiger partial charge in [0.05, 0.1) is 19.8 Å². The van der Waals surface area contributed by atoms with Crippen LogP contribution in [0.2, 0.25) is 0 Å². The molecule has 0 radical (unpaired) electrons. The van der Waals surface area contributed by atoms with Gasteiger partial charge in [-0.2, -0.15) is 0 Å². The molecule has 1 aliphatic carbocycles. The molecule has 2 saturated heterocycles. The minimum atomic E-state index is 0. The first-order valence-electron chi connectivity index (χ1n) is 11.3. The summed E-state index contributed by atoms with van der Waals surface area (Å²) < 4.78 is 5.61. The minimum Gasteiger partial charge on any atom is -0.379 e. The van der Waals surface area contributed by atoms with Crippen molar-refractivity contribution < 1.29 is 4.74 Å². The molecule has 3 aliphatic rings. The maximum atomic E-state index is 5.61. The molecule has 0 aromatic carbocycles. The second-order valence-electron chi connectivity index (χ2n) is 8.71. The monoisotopic (exact) mass is 507 g/mol. The van der Waals surface area contributed by atoms with Crippen LogP contribution in [-0.4, -0.2) is 87.4 Å². The molecule has 0 amide bonds. The van der Waals surface area contributed by atoms with Gasteiger partial charge in [-0.3, -0.25) is 9.89 Å². The maximum Gasteiger partial charge on any atom is 0.191 e. The maximum absolute atomic E-state index is 5.61. The summed E-state index contributed by atoms with van der Waals surface area (Å²) in [5, 5.41) is 7.12. The van der Waals surface area contributed by atoms with Crippen molar-refractivity contribution in [2.75, 3.05) is 66.1 Å². The Morgan fingerprint density at radius 3 is 2.36 bits per heavy atom. The first kappa shape index (κ1) is 24.2. The Hall–Kier alpha value is -0.120. The van der Waals surface area contributed by atoms with Crippen molar-refractivity contribution in [1.82, 2.24) is 20.4 Å². The van der Waals surface area contributed by atoms with Crippen LogP contribution in [0.25, 0.3) is 0 Å². The summed E-state index contributed by atoms with van der Waals surface area (Å²) in [6.45, 7) is 11.4. The van der Waals surface area contributed by atoms with E-state index in [9.17, 15) is 0 Å². The van der Waals surface area contributed by atoms with Gasteiger partial charge in [0.1, 0.15) is 0 Å². The van der Waals surface area contributed by atoms with Crippen LogP contribution in [-0.2, 0) is 4.74 Å². The van der Waals surface area contributed by atoms with Crippen LogP contribution < -0.4 is 10.6 Å². The van der Waals surface area contributed by atoms with Crippen molar-refractivity contribution in [3.63, 3.8) is 0 Å². The standard InChI is InChI=1S/C21H41N5O.HI/c1-3-22-20(23-17-19-7-11-25(2)12-8-19)24-18-21(9-5-4-6-10-21)26-13-15-27-16-14-26;/h19H,3-18H2,1-2H3,(H2,22,23,24);1H. The Kier molecular flexibility index (Phi) is 10.8. The number of ether oxygens (including phenoxy) is 1. The van der Waals surface area contributed by atoms with Crippen molar-refractivity contribution in [2.24, 2.45) is 10.9 Å². The normalized spacial score (nSPS) is 25.1. The highest BCUT2D eigenvalue weighted by atomic mass is 127. The van der Waals surface area contributed by atoms with Gasteiger partial charge in [-0.05, 0) is 58.7 Å². The van der Waals surface area contributed by atoms with Crippen molar-refractivity contribution in [2.45, 2.75) is 57.4 Å². The Labute approximate surface area is 189 Å². The van der Waals surface area contributed by atoms with E-state index in [1.807, 2.05) is 0 Å². The highest BCUT2D eigenvalue weighted by Gasteiger charge is 2.38. The fraction of sp³-hybridized carbons (Fsp3) is 0.952. The topological polar surface area (TPSA) is 52.1 Å². The van der Waals surface area contributed by atoms with Gasteiger partial charge >= 0.3 is 0 Å². The van der Waals surface area contributed by atoms with Gasteiger partial charge in [-0.1, -0.05) is 19.3 Å². The van der Waals surface area contributed by atoms with Gasteiger partial charge in [0, 0.05) is 31.7 Å². The zero-order chi connectivity index (χ0) is 19.0. The molecule has 0 atom stereocenters. The summed E-state index contributed by atoms with van der Waals surface area (Å²) in [5.41, 5.74) is 0.248. The molecule has 0 spiro atoms. The molecular formula is C21H42IN5O. The number of halogens is 1. The number of nitrogens with one attached hydrogen (secondary N) is 2. The molecule has 28 heavy (non-hydrogen) atoms. The number of aliphatic imine (C=N–C) groups is 1. The van der Waals surface area contributed by atoms with Crippen molar-refractivity contribution >= 4 is 29.9 Å². The van der Waals surface area contributed by atoms with E-state index in [0.29, 0.717) is 0 Å². The zero-order valence-corrected chi connectivity index (χ0v) is 20.4. The van der Waals surface area contributed by atoms with E-state index in [4.69, 9.17) is 9.73 Å². The van der Waals surface area contributed by atoms with Gasteiger partial charge in [0.25, 0.3) is 0 Å². The Balaban J connectivity index is 0.00000280. The first-order chi connectivity index (χ1) is 13.2. The number of likely N-dealkylation sites (tertiary alicyclic amines) is 1. The van der Waals surface area contributed by atoms with E-state index >= 15 is 0 Å². The van der Waals surface area contributed by atoms with E-state index in [-0.39, 0.29) is 29.5 Å². The molecule has 7 heteroatoms. The van der Waals surface area contributed by atoms with Crippen LogP contribution in [0.4, 0.5) is 0 Å². The average Bonchev–Trinajstić information content (AvgIpc) is 2.72. The molecule has 2 N–H and O–H groups in total. The number of piperidine rings is 1. The fourth-order valence-corrected chi connectivity index (χ4v) is 4.90. The summed E-state index contributed by atoms with van der Waals surface area (Å²) in [6.07, 6.45) is 9.21. The van der Waals surface area contributed by atoms with Gasteiger partial charge < -0.3 is 20.3 Å². The van der Waals surface area contributed by atoms with Crippen molar-refractivity contribution in [1.29, 1.82) is 0 Å². The van der Waals surface area contributed by atoms with Gasteiger partial charge in [0.2, 0.25) is 0 Å². The summed E-state index contributed by atoms with van der Waals surface area (Å²) >= 11 is 0. The lowest BCUT2D eigenvalue weighted by molar-refractivity contribution is -0.0333. The van der Waals surface area contributed by atoms with Crippen LogP contribution in [0.15, 0.2) is 4.99 Å². The van der Waals surface area contributed by atoms with Crippen LogP contribution in [0.1, 0.15) is 51.9 Å². The first-order valence-corrected chi connectivity index (χ1v) is 11.3. The predicted octanol–water partition coefficient (Wildman–Crippen LogP) is 2.54. The van der Waals surface area contributed by atoms with E-state index in [1.54, 1.807) is 0 Å². The average molecular weight is 508 g/mol. The second kappa shape index (κ2) is 12.5. The Bertz CT molecular complexity index is 456. The van der Waals surface area contributed by atoms with Gasteiger partial charge in [-0.25, -0.2) is 0 Å². The Morgan fingerprint density at radius 2 is 1.71 bits per heavy atom. The zero-order valence-electron chi connectivity index (χ0n) is 18.0. The van der Waals surface area contributed by atoms with Crippen LogP contribution in [0, 0.1) is 5.92 Å². The highest BCUT2D eigenvalue weighted by molar-refractivity contribution is 14.0. The van der Waals surface area contributed by atoms with Crippen LogP contribution in [0.5, 0.6) is 0 Å². The Morgan fingerprint density at radius 1 is 1.04 bits per heavy atom. The van der Waals surface area contributed by atoms with E-state index < -0.39 is 0 Å². The van der Waals surface area contributed by atoms with Crippen LogP contribution >= 0.6 is 24.0 Å². The fourth-order valence-electron chi connectivity index (χ4n) is 4.90. The quantitative estimate of drug-likeness (QED) is 0.329. The second-order valence-corrected chi connectivity index (χ2v) is 8.71. The summed E-state index contributed by atoms with van der Waals surface area (Å²) in [4.78, 5) is 10.2. The molecule has 0 unspecified atom stereocenters. The third kappa shape index (κ3) is 6.99. The predicted molar refractivity (Wildman–Crippen MR) is 128 cm³/mol. The summed E-state index contributed by atoms with van der Waals surface area (Å²) in [6, 6.07) is 0. The van der Waals surface area contributed by atoms with Gasteiger partial charge in [0.15, 0.2) is 5.96 Å². The molecule has 6 nitrogen and oxygen atoms in total. The number of hydrogen-bond acceptors (Lipinski definition) is 4. The smallest absolute Gasteiger partial charge is 0.191 e. The largest absolute Gasteiger partial charge is 0.379 e. The number of nitrogens with zero attached hydrogens (tertiary/aromatic N) is 3. The van der Waals surface area contributed by atoms with E-state index in [2.05, 4.69) is 34.4 Å². The molecule has 3 fully saturated rings. The lowest BCUT2D eigenvalue weighted by atomic mass is 9.80. The molecule has 0 aromatic heterocycles. The highest BCUT2D eigenvalue weighted by Crippen LogP contribution is 2.34. The van der Waals surface area contributed by atoms with E-state index in [1.165, 1.54) is 58.0 Å². The molecule has 2 heterocycles. The molecule has 164 valence electrons. The molecule has 0 aromatic rings. The minimum absolute atomic E-state index is 0.